The zero-order chi connectivity index (χ0) is 13.0. The van der Waals surface area contributed by atoms with Crippen LogP contribution in [0.25, 0.3) is 0 Å². The van der Waals surface area contributed by atoms with Gasteiger partial charge in [0.1, 0.15) is 11.7 Å². The zero-order valence-electron chi connectivity index (χ0n) is 9.27. The highest BCUT2D eigenvalue weighted by Gasteiger charge is 2.19. The van der Waals surface area contributed by atoms with E-state index in [9.17, 15) is 14.9 Å². The molecule has 1 atom stereocenters. The topological polar surface area (TPSA) is 81.5 Å². The smallest absolute Gasteiger partial charge is 0.327 e. The van der Waals surface area contributed by atoms with Crippen molar-refractivity contribution < 1.29 is 14.5 Å². The number of benzene rings is 1. The van der Waals surface area contributed by atoms with Crippen molar-refractivity contribution in [1.82, 2.24) is 0 Å². The number of nitrogens with one attached hydrogen (secondary N) is 1. The summed E-state index contributed by atoms with van der Waals surface area (Å²) in [6.07, 6.45) is 0. The van der Waals surface area contributed by atoms with Crippen LogP contribution in [-0.2, 0) is 9.53 Å². The van der Waals surface area contributed by atoms with Crippen molar-refractivity contribution in [2.75, 3.05) is 12.4 Å². The lowest BCUT2D eigenvalue weighted by molar-refractivity contribution is -0.384. The van der Waals surface area contributed by atoms with E-state index in [1.807, 2.05) is 22.6 Å². The fourth-order valence-corrected chi connectivity index (χ4v) is 1.72. The number of carbonyl (C=O) groups excluding carboxylic acids is 1. The first kappa shape index (κ1) is 13.7. The van der Waals surface area contributed by atoms with Gasteiger partial charge in [0.25, 0.3) is 5.69 Å². The Bertz CT molecular complexity index is 450. The van der Waals surface area contributed by atoms with Crippen LogP contribution < -0.4 is 5.32 Å². The van der Waals surface area contributed by atoms with Crippen LogP contribution in [0.1, 0.15) is 6.92 Å². The number of hydrogen-bond acceptors (Lipinski definition) is 5. The third-order valence-corrected chi connectivity index (χ3v) is 2.75. The summed E-state index contributed by atoms with van der Waals surface area (Å²) in [5.74, 6) is -0.474. The Hall–Kier alpha value is -1.38. The molecule has 0 bridgehead atoms. The minimum Gasteiger partial charge on any atom is -0.467 e. The molecule has 1 N–H and O–H groups in total. The largest absolute Gasteiger partial charge is 0.467 e. The van der Waals surface area contributed by atoms with Gasteiger partial charge in [-0.05, 0) is 41.6 Å². The van der Waals surface area contributed by atoms with Crippen LogP contribution in [0, 0.1) is 13.7 Å². The Morgan fingerprint density at radius 2 is 2.24 bits per heavy atom. The first-order valence-electron chi connectivity index (χ1n) is 4.74. The van der Waals surface area contributed by atoms with E-state index in [2.05, 4.69) is 10.1 Å². The van der Waals surface area contributed by atoms with Crippen molar-refractivity contribution in [1.29, 1.82) is 0 Å². The normalized spacial score (nSPS) is 11.7. The van der Waals surface area contributed by atoms with Crippen LogP contribution in [0.4, 0.5) is 11.4 Å². The number of anilines is 1. The molecule has 6 nitrogen and oxygen atoms in total. The van der Waals surface area contributed by atoms with Gasteiger partial charge in [-0.15, -0.1) is 0 Å². The molecule has 0 amide bonds. The fraction of sp³-hybridized carbons (Fsp3) is 0.300. The van der Waals surface area contributed by atoms with Crippen molar-refractivity contribution in [3.63, 3.8) is 0 Å². The molecule has 0 heterocycles. The van der Waals surface area contributed by atoms with Crippen LogP contribution in [0.5, 0.6) is 0 Å². The second kappa shape index (κ2) is 5.80. The molecule has 7 heteroatoms. The van der Waals surface area contributed by atoms with Crippen molar-refractivity contribution in [2.24, 2.45) is 0 Å². The number of nitrogens with zero attached hydrogens (tertiary/aromatic N) is 1. The summed E-state index contributed by atoms with van der Waals surface area (Å²) < 4.78 is 5.29. The van der Waals surface area contributed by atoms with Gasteiger partial charge in [0.2, 0.25) is 0 Å². The molecular formula is C10H11IN2O4. The summed E-state index contributed by atoms with van der Waals surface area (Å²) >= 11 is 1.99. The Kier molecular flexibility index (Phi) is 4.67. The summed E-state index contributed by atoms with van der Waals surface area (Å²) in [4.78, 5) is 21.6. The van der Waals surface area contributed by atoms with Gasteiger partial charge >= 0.3 is 5.97 Å². The van der Waals surface area contributed by atoms with E-state index in [4.69, 9.17) is 0 Å². The van der Waals surface area contributed by atoms with Gasteiger partial charge in [-0.2, -0.15) is 0 Å². The van der Waals surface area contributed by atoms with E-state index in [0.717, 1.165) is 3.57 Å². The molecule has 1 rings (SSSR count). The molecule has 0 aliphatic heterocycles. The predicted octanol–water partition coefficient (Wildman–Crippen LogP) is 2.17. The lowest BCUT2D eigenvalue weighted by atomic mass is 10.2. The number of rotatable bonds is 4. The molecule has 0 radical (unpaired) electrons. The van der Waals surface area contributed by atoms with Gasteiger partial charge in [-0.25, -0.2) is 4.79 Å². The number of methoxy groups -OCH3 is 1. The lowest BCUT2D eigenvalue weighted by Crippen LogP contribution is -2.27. The number of nitro groups is 1. The van der Waals surface area contributed by atoms with E-state index < -0.39 is 16.9 Å². The Balaban J connectivity index is 2.98. The van der Waals surface area contributed by atoms with Gasteiger partial charge in [0.15, 0.2) is 0 Å². The number of carbonyl (C=O) groups is 1. The summed E-state index contributed by atoms with van der Waals surface area (Å²) in [5, 5.41) is 13.6. The average Bonchev–Trinajstić information content (AvgIpc) is 2.29. The first-order chi connectivity index (χ1) is 7.95. The zero-order valence-corrected chi connectivity index (χ0v) is 11.4. The van der Waals surface area contributed by atoms with Crippen LogP contribution in [0.3, 0.4) is 0 Å². The highest BCUT2D eigenvalue weighted by atomic mass is 127. The first-order valence-corrected chi connectivity index (χ1v) is 5.82. The van der Waals surface area contributed by atoms with Gasteiger partial charge < -0.3 is 10.1 Å². The third kappa shape index (κ3) is 3.55. The monoisotopic (exact) mass is 350 g/mol. The molecule has 17 heavy (non-hydrogen) atoms. The van der Waals surface area contributed by atoms with Crippen molar-refractivity contribution in [2.45, 2.75) is 13.0 Å². The Morgan fingerprint density at radius 3 is 2.76 bits per heavy atom. The van der Waals surface area contributed by atoms with Gasteiger partial charge in [-0.3, -0.25) is 10.1 Å². The minimum absolute atomic E-state index is 0.0624. The Labute approximate surface area is 112 Å². The second-order valence-corrected chi connectivity index (χ2v) is 4.55. The number of hydrogen-bond donors (Lipinski definition) is 1. The molecule has 0 aliphatic carbocycles. The lowest BCUT2D eigenvalue weighted by Gasteiger charge is -2.12. The summed E-state index contributed by atoms with van der Waals surface area (Å²) in [6.45, 7) is 1.58. The van der Waals surface area contributed by atoms with Crippen LogP contribution >= 0.6 is 22.6 Å². The summed E-state index contributed by atoms with van der Waals surface area (Å²) in [7, 11) is 1.27. The highest BCUT2D eigenvalue weighted by molar-refractivity contribution is 14.1. The highest BCUT2D eigenvalue weighted by Crippen LogP contribution is 2.26. The van der Waals surface area contributed by atoms with Gasteiger partial charge in [0.05, 0.1) is 12.0 Å². The standard InChI is InChI=1S/C10H11IN2O4/c1-6(10(14)17-2)12-8-4-3-7(11)5-9(8)13(15)16/h3-6,12H,1-2H3. The van der Waals surface area contributed by atoms with E-state index in [1.165, 1.54) is 13.2 Å². The Morgan fingerprint density at radius 1 is 1.59 bits per heavy atom. The van der Waals surface area contributed by atoms with Crippen molar-refractivity contribution in [3.05, 3.63) is 31.9 Å². The molecule has 0 fully saturated rings. The van der Waals surface area contributed by atoms with Crippen LogP contribution in [0.2, 0.25) is 0 Å². The van der Waals surface area contributed by atoms with E-state index in [-0.39, 0.29) is 5.69 Å². The quantitative estimate of drug-likeness (QED) is 0.390. The molecule has 0 aliphatic rings. The average molecular weight is 350 g/mol. The molecular weight excluding hydrogens is 339 g/mol. The number of ether oxygens (including phenoxy) is 1. The molecule has 0 spiro atoms. The van der Waals surface area contributed by atoms with Crippen LogP contribution in [0.15, 0.2) is 18.2 Å². The van der Waals surface area contributed by atoms with Gasteiger partial charge in [-0.1, -0.05) is 0 Å². The van der Waals surface area contributed by atoms with Crippen molar-refractivity contribution in [3.8, 4) is 0 Å². The van der Waals surface area contributed by atoms with E-state index in [0.29, 0.717) is 5.69 Å². The second-order valence-electron chi connectivity index (χ2n) is 3.31. The minimum atomic E-state index is -0.640. The maximum absolute atomic E-state index is 11.2. The maximum Gasteiger partial charge on any atom is 0.327 e. The molecule has 1 aromatic rings. The SMILES string of the molecule is COC(=O)C(C)Nc1ccc(I)cc1[N+](=O)[O-]. The van der Waals surface area contributed by atoms with Crippen molar-refractivity contribution >= 4 is 39.9 Å². The molecule has 0 saturated heterocycles. The maximum atomic E-state index is 11.2. The third-order valence-electron chi connectivity index (χ3n) is 2.08. The van der Waals surface area contributed by atoms with E-state index >= 15 is 0 Å². The molecule has 1 aromatic carbocycles. The van der Waals surface area contributed by atoms with Gasteiger partial charge in [0, 0.05) is 9.64 Å². The number of esters is 1. The number of nitro benzene ring substituents is 1. The summed E-state index contributed by atoms with van der Waals surface area (Å²) in [5.41, 5.74) is 0.237. The summed E-state index contributed by atoms with van der Waals surface area (Å²) in [6, 6.07) is 4.09. The molecule has 92 valence electrons. The molecule has 0 aromatic heterocycles. The fourth-order valence-electron chi connectivity index (χ4n) is 1.25. The van der Waals surface area contributed by atoms with Crippen LogP contribution in [-0.4, -0.2) is 24.0 Å². The predicted molar refractivity (Wildman–Crippen MR) is 70.9 cm³/mol. The number of halogens is 1. The molecule has 0 saturated carbocycles. The molecule has 1 unspecified atom stereocenters. The van der Waals surface area contributed by atoms with E-state index in [1.54, 1.807) is 19.1 Å².